The summed E-state index contributed by atoms with van der Waals surface area (Å²) in [6.07, 6.45) is 3.92. The number of nitrogens with zero attached hydrogens (tertiary/aromatic N) is 3. The molecule has 1 heterocycles. The van der Waals surface area contributed by atoms with Crippen LogP contribution in [0.2, 0.25) is 0 Å². The molecular weight excluding hydrogens is 214 g/mol. The van der Waals surface area contributed by atoms with Crippen molar-refractivity contribution >= 4 is 11.4 Å². The standard InChI is InChI=1S/C13H15N3O/c1-11-7-8-16(10-14-11)9-13(15-17)12-5-3-2-4-6-12/h2-8,17H,9-10H2,1H3. The van der Waals surface area contributed by atoms with Gasteiger partial charge in [0.1, 0.15) is 12.4 Å². The van der Waals surface area contributed by atoms with Gasteiger partial charge in [0.2, 0.25) is 0 Å². The topological polar surface area (TPSA) is 48.2 Å². The first-order valence-corrected chi connectivity index (χ1v) is 5.49. The summed E-state index contributed by atoms with van der Waals surface area (Å²) in [7, 11) is 0. The monoisotopic (exact) mass is 229 g/mol. The molecule has 0 saturated heterocycles. The van der Waals surface area contributed by atoms with Crippen molar-refractivity contribution in [1.82, 2.24) is 4.90 Å². The Labute approximate surface area is 101 Å². The number of rotatable bonds is 3. The van der Waals surface area contributed by atoms with Crippen molar-refractivity contribution in [2.75, 3.05) is 13.2 Å². The summed E-state index contributed by atoms with van der Waals surface area (Å²) in [5.74, 6) is 0. The molecule has 1 aliphatic rings. The van der Waals surface area contributed by atoms with E-state index >= 15 is 0 Å². The Kier molecular flexibility index (Phi) is 3.55. The van der Waals surface area contributed by atoms with Gasteiger partial charge in [-0.1, -0.05) is 35.5 Å². The average molecular weight is 229 g/mol. The van der Waals surface area contributed by atoms with Crippen LogP contribution in [0.4, 0.5) is 0 Å². The lowest BCUT2D eigenvalue weighted by Gasteiger charge is -2.21. The van der Waals surface area contributed by atoms with Crippen molar-refractivity contribution < 1.29 is 5.21 Å². The van der Waals surface area contributed by atoms with Gasteiger partial charge in [-0.3, -0.25) is 4.99 Å². The maximum Gasteiger partial charge on any atom is 0.110 e. The molecule has 0 spiro atoms. The highest BCUT2D eigenvalue weighted by Gasteiger charge is 2.09. The van der Waals surface area contributed by atoms with E-state index in [1.165, 1.54) is 0 Å². The molecule has 0 saturated carbocycles. The van der Waals surface area contributed by atoms with Crippen molar-refractivity contribution in [2.24, 2.45) is 10.1 Å². The largest absolute Gasteiger partial charge is 0.411 e. The van der Waals surface area contributed by atoms with E-state index in [-0.39, 0.29) is 0 Å². The average Bonchev–Trinajstić information content (AvgIpc) is 2.39. The van der Waals surface area contributed by atoms with Crippen molar-refractivity contribution in [3.8, 4) is 0 Å². The molecule has 0 fully saturated rings. The summed E-state index contributed by atoms with van der Waals surface area (Å²) in [4.78, 5) is 6.31. The van der Waals surface area contributed by atoms with Crippen LogP contribution >= 0.6 is 0 Å². The molecule has 1 aromatic rings. The molecule has 0 radical (unpaired) electrons. The van der Waals surface area contributed by atoms with E-state index < -0.39 is 0 Å². The fourth-order valence-electron chi connectivity index (χ4n) is 1.62. The smallest absolute Gasteiger partial charge is 0.110 e. The molecule has 4 heteroatoms. The fraction of sp³-hybridized carbons (Fsp3) is 0.231. The summed E-state index contributed by atoms with van der Waals surface area (Å²) in [6.45, 7) is 3.12. The number of oxime groups is 1. The predicted molar refractivity (Wildman–Crippen MR) is 68.6 cm³/mol. The third-order valence-electron chi connectivity index (χ3n) is 2.61. The Morgan fingerprint density at radius 3 is 2.76 bits per heavy atom. The predicted octanol–water partition coefficient (Wildman–Crippen LogP) is 2.11. The molecule has 17 heavy (non-hydrogen) atoms. The van der Waals surface area contributed by atoms with E-state index in [9.17, 15) is 0 Å². The molecule has 88 valence electrons. The van der Waals surface area contributed by atoms with Crippen LogP contribution in [0.25, 0.3) is 0 Å². The van der Waals surface area contributed by atoms with Crippen LogP contribution in [0.3, 0.4) is 0 Å². The second-order valence-corrected chi connectivity index (χ2v) is 3.92. The van der Waals surface area contributed by atoms with Crippen LogP contribution in [0.15, 0.2) is 52.8 Å². The van der Waals surface area contributed by atoms with Crippen LogP contribution < -0.4 is 0 Å². The zero-order valence-corrected chi connectivity index (χ0v) is 9.74. The molecule has 0 aliphatic carbocycles. The lowest BCUT2D eigenvalue weighted by molar-refractivity contribution is 0.314. The number of hydrogen-bond acceptors (Lipinski definition) is 4. The van der Waals surface area contributed by atoms with E-state index in [1.54, 1.807) is 0 Å². The van der Waals surface area contributed by atoms with Crippen LogP contribution in [0, 0.1) is 0 Å². The summed E-state index contributed by atoms with van der Waals surface area (Å²) in [5.41, 5.74) is 2.59. The zero-order chi connectivity index (χ0) is 12.1. The van der Waals surface area contributed by atoms with Crippen LogP contribution in [0.5, 0.6) is 0 Å². The summed E-state index contributed by atoms with van der Waals surface area (Å²) in [5, 5.41) is 12.4. The van der Waals surface area contributed by atoms with Gasteiger partial charge in [-0.15, -0.1) is 0 Å². The SMILES string of the molecule is CC1=NCN(CC(=NO)c2ccccc2)C=C1. The van der Waals surface area contributed by atoms with E-state index in [0.717, 1.165) is 11.3 Å². The maximum atomic E-state index is 9.06. The van der Waals surface area contributed by atoms with E-state index in [0.29, 0.717) is 18.9 Å². The lowest BCUT2D eigenvalue weighted by atomic mass is 10.1. The highest BCUT2D eigenvalue weighted by molar-refractivity contribution is 6.02. The van der Waals surface area contributed by atoms with Gasteiger partial charge >= 0.3 is 0 Å². The third-order valence-corrected chi connectivity index (χ3v) is 2.61. The summed E-state index contributed by atoms with van der Waals surface area (Å²) in [6, 6.07) is 9.64. The van der Waals surface area contributed by atoms with E-state index in [1.807, 2.05) is 54.4 Å². The number of hydrogen-bond donors (Lipinski definition) is 1. The minimum Gasteiger partial charge on any atom is -0.411 e. The quantitative estimate of drug-likeness (QED) is 0.490. The summed E-state index contributed by atoms with van der Waals surface area (Å²) >= 11 is 0. The molecule has 0 atom stereocenters. The second-order valence-electron chi connectivity index (χ2n) is 3.92. The molecule has 2 rings (SSSR count). The minimum atomic E-state index is 0.549. The first-order valence-electron chi connectivity index (χ1n) is 5.49. The van der Waals surface area contributed by atoms with Crippen molar-refractivity contribution in [1.29, 1.82) is 0 Å². The minimum absolute atomic E-state index is 0.549. The Morgan fingerprint density at radius 1 is 1.41 bits per heavy atom. The van der Waals surface area contributed by atoms with Gasteiger partial charge in [0.15, 0.2) is 0 Å². The Bertz CT molecular complexity index is 463. The molecule has 4 nitrogen and oxygen atoms in total. The van der Waals surface area contributed by atoms with Gasteiger partial charge in [-0.05, 0) is 13.0 Å². The molecule has 1 N–H and O–H groups in total. The molecule has 1 aromatic carbocycles. The first-order chi connectivity index (χ1) is 8.29. The van der Waals surface area contributed by atoms with Crippen molar-refractivity contribution in [3.63, 3.8) is 0 Å². The molecule has 0 aromatic heterocycles. The highest BCUT2D eigenvalue weighted by Crippen LogP contribution is 2.06. The molecule has 0 bridgehead atoms. The molecule has 0 unspecified atom stereocenters. The number of allylic oxidation sites excluding steroid dienone is 1. The molecular formula is C13H15N3O. The molecule has 1 aliphatic heterocycles. The molecule has 0 amide bonds. The first kappa shape index (κ1) is 11.4. The highest BCUT2D eigenvalue weighted by atomic mass is 16.4. The fourth-order valence-corrected chi connectivity index (χ4v) is 1.62. The van der Waals surface area contributed by atoms with Gasteiger partial charge in [-0.25, -0.2) is 0 Å². The van der Waals surface area contributed by atoms with Crippen molar-refractivity contribution in [3.05, 3.63) is 48.2 Å². The lowest BCUT2D eigenvalue weighted by Crippen LogP contribution is -2.28. The third kappa shape index (κ3) is 2.93. The van der Waals surface area contributed by atoms with E-state index in [4.69, 9.17) is 5.21 Å². The Morgan fingerprint density at radius 2 is 2.18 bits per heavy atom. The maximum absolute atomic E-state index is 9.06. The Balaban J connectivity index is 2.06. The number of benzene rings is 1. The van der Waals surface area contributed by atoms with Gasteiger partial charge in [0.05, 0.1) is 6.54 Å². The van der Waals surface area contributed by atoms with Gasteiger partial charge in [0, 0.05) is 17.5 Å². The number of aliphatic imine (C=N–C) groups is 1. The Hall–Kier alpha value is -2.10. The van der Waals surface area contributed by atoms with Crippen molar-refractivity contribution in [2.45, 2.75) is 6.92 Å². The van der Waals surface area contributed by atoms with Crippen LogP contribution in [-0.2, 0) is 0 Å². The van der Waals surface area contributed by atoms with Crippen LogP contribution in [0.1, 0.15) is 12.5 Å². The normalized spacial score (nSPS) is 15.9. The van der Waals surface area contributed by atoms with Crippen LogP contribution in [-0.4, -0.2) is 34.7 Å². The zero-order valence-electron chi connectivity index (χ0n) is 9.74. The summed E-state index contributed by atoms with van der Waals surface area (Å²) < 4.78 is 0. The van der Waals surface area contributed by atoms with Gasteiger partial charge in [0.25, 0.3) is 0 Å². The second kappa shape index (κ2) is 5.30. The van der Waals surface area contributed by atoms with E-state index in [2.05, 4.69) is 10.1 Å². The van der Waals surface area contributed by atoms with Gasteiger partial charge < -0.3 is 10.1 Å². The van der Waals surface area contributed by atoms with Gasteiger partial charge in [-0.2, -0.15) is 0 Å².